The molecule has 0 spiro atoms. The van der Waals surface area contributed by atoms with Crippen LogP contribution >= 0.6 is 0 Å². The molecule has 0 radical (unpaired) electrons. The fraction of sp³-hybridized carbons (Fsp3) is 0.450. The third-order valence-corrected chi connectivity index (χ3v) is 5.05. The van der Waals surface area contributed by atoms with E-state index < -0.39 is 17.7 Å². The molecule has 1 N–H and O–H groups in total. The van der Waals surface area contributed by atoms with Gasteiger partial charge in [0.1, 0.15) is 11.7 Å². The molecule has 1 atom stereocenters. The molecule has 1 unspecified atom stereocenters. The van der Waals surface area contributed by atoms with Crippen molar-refractivity contribution in [3.8, 4) is 0 Å². The number of rotatable bonds is 5. The number of methoxy groups -OCH3 is 1. The Hall–Kier alpha value is -2.52. The van der Waals surface area contributed by atoms with Crippen molar-refractivity contribution in [2.75, 3.05) is 33.4 Å². The summed E-state index contributed by atoms with van der Waals surface area (Å²) in [5.74, 6) is -0.928. The maximum Gasteiger partial charge on any atom is 0.416 e. The lowest BCUT2D eigenvalue weighted by Gasteiger charge is -2.44. The monoisotopic (exact) mass is 412 g/mol. The summed E-state index contributed by atoms with van der Waals surface area (Å²) in [6, 6.07) is 4.85. The molecule has 6 nitrogen and oxygen atoms in total. The molecule has 1 saturated heterocycles. The number of halogens is 3. The molecule has 1 aromatic rings. The molecule has 0 amide bonds. The lowest BCUT2D eigenvalue weighted by atomic mass is 10.0. The molecule has 0 bridgehead atoms. The van der Waals surface area contributed by atoms with Gasteiger partial charge in [-0.3, -0.25) is 4.90 Å². The van der Waals surface area contributed by atoms with Gasteiger partial charge in [0.25, 0.3) is 0 Å². The lowest BCUT2D eigenvalue weighted by molar-refractivity contribution is -0.137. The van der Waals surface area contributed by atoms with Crippen molar-refractivity contribution >= 4 is 5.97 Å². The zero-order valence-electron chi connectivity index (χ0n) is 16.2. The lowest BCUT2D eigenvalue weighted by Crippen LogP contribution is -2.52. The number of nitrogens with zero attached hydrogens (tertiary/aromatic N) is 2. The van der Waals surface area contributed by atoms with Crippen LogP contribution in [-0.4, -0.2) is 60.5 Å². The molecule has 0 aromatic heterocycles. The van der Waals surface area contributed by atoms with E-state index in [2.05, 4.69) is 4.90 Å². The van der Waals surface area contributed by atoms with Crippen LogP contribution in [-0.2, 0) is 27.0 Å². The smallest absolute Gasteiger partial charge is 0.416 e. The number of morpholine rings is 1. The molecule has 3 rings (SSSR count). The molecule has 9 heteroatoms. The van der Waals surface area contributed by atoms with Gasteiger partial charge >= 0.3 is 12.1 Å². The van der Waals surface area contributed by atoms with Crippen molar-refractivity contribution in [2.24, 2.45) is 0 Å². The van der Waals surface area contributed by atoms with Crippen molar-refractivity contribution in [2.45, 2.75) is 25.8 Å². The number of hydrogen-bond donors (Lipinski definition) is 1. The van der Waals surface area contributed by atoms with Crippen LogP contribution in [0.25, 0.3) is 0 Å². The molecule has 29 heavy (non-hydrogen) atoms. The Morgan fingerprint density at radius 1 is 1.24 bits per heavy atom. The Morgan fingerprint density at radius 2 is 1.86 bits per heavy atom. The number of hydrogen-bond acceptors (Lipinski definition) is 5. The largest absolute Gasteiger partial charge is 0.482 e. The van der Waals surface area contributed by atoms with Gasteiger partial charge in [0.15, 0.2) is 0 Å². The molecular weight excluding hydrogens is 389 g/mol. The molecule has 1 aromatic carbocycles. The Balaban J connectivity index is 1.96. The fourth-order valence-corrected chi connectivity index (χ4v) is 3.61. The summed E-state index contributed by atoms with van der Waals surface area (Å²) in [6.07, 6.45) is -2.85. The average Bonchev–Trinajstić information content (AvgIpc) is 2.68. The van der Waals surface area contributed by atoms with E-state index in [1.165, 1.54) is 19.2 Å². The zero-order valence-corrected chi connectivity index (χ0v) is 16.2. The summed E-state index contributed by atoms with van der Waals surface area (Å²) in [7, 11) is 1.40. The fourth-order valence-electron chi connectivity index (χ4n) is 3.61. The van der Waals surface area contributed by atoms with E-state index >= 15 is 0 Å². The quantitative estimate of drug-likeness (QED) is 0.802. The van der Waals surface area contributed by atoms with Crippen LogP contribution < -0.4 is 0 Å². The number of carbonyl (C=O) groups is 1. The Bertz CT molecular complexity index is 812. The van der Waals surface area contributed by atoms with Crippen LogP contribution in [0.15, 0.2) is 47.4 Å². The van der Waals surface area contributed by atoms with E-state index in [1.807, 2.05) is 6.08 Å². The van der Waals surface area contributed by atoms with Crippen LogP contribution in [0.1, 0.15) is 18.1 Å². The van der Waals surface area contributed by atoms with E-state index in [0.717, 1.165) is 12.1 Å². The van der Waals surface area contributed by atoms with Gasteiger partial charge in [0, 0.05) is 19.6 Å². The molecule has 2 aliphatic heterocycles. The number of alkyl halides is 3. The van der Waals surface area contributed by atoms with Crippen molar-refractivity contribution in [3.05, 3.63) is 58.5 Å². The standard InChI is InChI=1S/C20H23F3N2O4/c1-13-11-16(24-7-9-29-10-8-24)25(18(28-2)17(13)19(26)27)12-14-3-5-15(6-4-14)20(21,22)23/h3-6,11,16H,7-10,12H2,1-2H3,(H,26,27). The third-order valence-electron chi connectivity index (χ3n) is 5.05. The van der Waals surface area contributed by atoms with Gasteiger partial charge in [0.2, 0.25) is 5.88 Å². The molecule has 0 aliphatic carbocycles. The normalized spacial score (nSPS) is 21.2. The van der Waals surface area contributed by atoms with Crippen molar-refractivity contribution in [1.29, 1.82) is 0 Å². The van der Waals surface area contributed by atoms with Crippen LogP contribution in [0.4, 0.5) is 13.2 Å². The predicted octanol–water partition coefficient (Wildman–Crippen LogP) is 3.07. The van der Waals surface area contributed by atoms with E-state index in [9.17, 15) is 23.1 Å². The minimum atomic E-state index is -4.41. The van der Waals surface area contributed by atoms with Crippen LogP contribution in [0.3, 0.4) is 0 Å². The first-order valence-corrected chi connectivity index (χ1v) is 9.17. The highest BCUT2D eigenvalue weighted by molar-refractivity contribution is 5.92. The molecule has 1 fully saturated rings. The first-order chi connectivity index (χ1) is 13.7. The summed E-state index contributed by atoms with van der Waals surface area (Å²) >= 11 is 0. The highest BCUT2D eigenvalue weighted by Crippen LogP contribution is 2.33. The Morgan fingerprint density at radius 3 is 2.38 bits per heavy atom. The maximum absolute atomic E-state index is 12.9. The Labute approximate surface area is 166 Å². The highest BCUT2D eigenvalue weighted by Gasteiger charge is 2.36. The van der Waals surface area contributed by atoms with Gasteiger partial charge in [-0.2, -0.15) is 13.2 Å². The van der Waals surface area contributed by atoms with Crippen molar-refractivity contribution in [3.63, 3.8) is 0 Å². The minimum Gasteiger partial charge on any atom is -0.482 e. The SMILES string of the molecule is COC1=C(C(=O)O)C(C)=CC(N2CCOCC2)N1Cc1ccc(C(F)(F)F)cc1. The second-order valence-electron chi connectivity index (χ2n) is 6.92. The van der Waals surface area contributed by atoms with E-state index in [-0.39, 0.29) is 24.2 Å². The molecular formula is C20H23F3N2O4. The van der Waals surface area contributed by atoms with Crippen molar-refractivity contribution in [1.82, 2.24) is 9.80 Å². The summed E-state index contributed by atoms with van der Waals surface area (Å²) in [6.45, 7) is 4.31. The molecule has 158 valence electrons. The number of benzene rings is 1. The second kappa shape index (κ2) is 8.46. The van der Waals surface area contributed by atoms with Crippen LogP contribution in [0.2, 0.25) is 0 Å². The van der Waals surface area contributed by atoms with Gasteiger partial charge < -0.3 is 19.5 Å². The van der Waals surface area contributed by atoms with Gasteiger partial charge in [-0.25, -0.2) is 4.79 Å². The van der Waals surface area contributed by atoms with E-state index in [0.29, 0.717) is 37.4 Å². The summed E-state index contributed by atoms with van der Waals surface area (Å²) < 4.78 is 49.4. The van der Waals surface area contributed by atoms with E-state index in [1.54, 1.807) is 11.8 Å². The first kappa shape index (κ1) is 21.2. The number of ether oxygens (including phenoxy) is 2. The third kappa shape index (κ3) is 4.56. The predicted molar refractivity (Wildman–Crippen MR) is 98.6 cm³/mol. The van der Waals surface area contributed by atoms with Gasteiger partial charge in [0.05, 0.1) is 25.9 Å². The highest BCUT2D eigenvalue weighted by atomic mass is 19.4. The van der Waals surface area contributed by atoms with Gasteiger partial charge in [-0.1, -0.05) is 12.1 Å². The number of aliphatic carboxylic acids is 1. The average molecular weight is 412 g/mol. The zero-order chi connectivity index (χ0) is 21.2. The maximum atomic E-state index is 12.9. The number of carboxylic acids is 1. The van der Waals surface area contributed by atoms with E-state index in [4.69, 9.17) is 9.47 Å². The van der Waals surface area contributed by atoms with Crippen molar-refractivity contribution < 1.29 is 32.5 Å². The molecule has 0 saturated carbocycles. The summed E-state index contributed by atoms with van der Waals surface area (Å²) in [5, 5.41) is 9.65. The Kier molecular flexibility index (Phi) is 6.18. The summed E-state index contributed by atoms with van der Waals surface area (Å²) in [4.78, 5) is 15.7. The number of carboxylic acid groups (broad SMARTS) is 1. The molecule has 2 aliphatic rings. The van der Waals surface area contributed by atoms with Crippen LogP contribution in [0.5, 0.6) is 0 Å². The van der Waals surface area contributed by atoms with Crippen LogP contribution in [0, 0.1) is 0 Å². The second-order valence-corrected chi connectivity index (χ2v) is 6.92. The topological polar surface area (TPSA) is 62.2 Å². The summed E-state index contributed by atoms with van der Waals surface area (Å²) in [5.41, 5.74) is 0.510. The first-order valence-electron chi connectivity index (χ1n) is 9.17. The van der Waals surface area contributed by atoms with Gasteiger partial charge in [-0.05, 0) is 36.3 Å². The van der Waals surface area contributed by atoms with Gasteiger partial charge in [-0.15, -0.1) is 0 Å². The molecule has 2 heterocycles. The minimum absolute atomic E-state index is 0.0453.